The largest absolute Gasteiger partial charge is 0.545 e. The van der Waals surface area contributed by atoms with E-state index in [-0.39, 0.29) is 32.7 Å². The van der Waals surface area contributed by atoms with Crippen LogP contribution in [0.1, 0.15) is 129 Å². The number of esters is 2. The van der Waals surface area contributed by atoms with Crippen molar-refractivity contribution in [2.45, 2.75) is 142 Å². The third-order valence-corrected chi connectivity index (χ3v) is 8.14. The van der Waals surface area contributed by atoms with Gasteiger partial charge in [0.2, 0.25) is 0 Å². The molecule has 0 amide bonds. The summed E-state index contributed by atoms with van der Waals surface area (Å²) in [5.41, 5.74) is 0. The molecule has 312 valence electrons. The summed E-state index contributed by atoms with van der Waals surface area (Å²) in [6, 6.07) is 0. The van der Waals surface area contributed by atoms with E-state index in [1.165, 1.54) is 0 Å². The number of quaternary nitrogens is 1. The fourth-order valence-corrected chi connectivity index (χ4v) is 4.95. The van der Waals surface area contributed by atoms with Crippen LogP contribution in [0.4, 0.5) is 0 Å². The molecule has 0 fully saturated rings. The number of carbonyl (C=O) groups excluding carboxylic acids is 3. The minimum Gasteiger partial charge on any atom is -0.545 e. The Balaban J connectivity index is 4.61. The summed E-state index contributed by atoms with van der Waals surface area (Å²) in [5.74, 6) is -2.38. The first kappa shape index (κ1) is 51.5. The van der Waals surface area contributed by atoms with Crippen LogP contribution in [0.25, 0.3) is 0 Å². The lowest BCUT2D eigenvalue weighted by Crippen LogP contribution is -2.44. The van der Waals surface area contributed by atoms with Gasteiger partial charge < -0.3 is 33.3 Å². The summed E-state index contributed by atoms with van der Waals surface area (Å²) in [6.45, 7) is 4.40. The van der Waals surface area contributed by atoms with Crippen molar-refractivity contribution in [3.05, 3.63) is 85.1 Å². The smallest absolute Gasteiger partial charge is 0.306 e. The zero-order valence-electron chi connectivity index (χ0n) is 35.0. The van der Waals surface area contributed by atoms with E-state index in [0.717, 1.165) is 89.9 Å². The first-order valence-corrected chi connectivity index (χ1v) is 20.7. The van der Waals surface area contributed by atoms with Gasteiger partial charge in [0.05, 0.1) is 40.3 Å². The molecule has 0 saturated heterocycles. The highest BCUT2D eigenvalue weighted by molar-refractivity contribution is 5.70. The average molecular weight is 770 g/mol. The molecule has 0 aliphatic rings. The molecule has 0 radical (unpaired) electrons. The van der Waals surface area contributed by atoms with Gasteiger partial charge in [-0.15, -0.1) is 0 Å². The first-order valence-electron chi connectivity index (χ1n) is 20.7. The van der Waals surface area contributed by atoms with Crippen LogP contribution in [0, 0.1) is 0 Å². The van der Waals surface area contributed by atoms with E-state index in [9.17, 15) is 19.5 Å². The molecule has 55 heavy (non-hydrogen) atoms. The SMILES string of the molecule is CC/C=C\C/C=C\C/C=C\C/C=C\CCCCC(=O)OC(COC(=O)CCCCCCC/C=C\C/C=C\C/C=C\CC)COC(OCC[N+](C)(C)C)C(=O)[O-]. The number of aliphatic carboxylic acids is 1. The van der Waals surface area contributed by atoms with Crippen molar-refractivity contribution in [3.8, 4) is 0 Å². The van der Waals surface area contributed by atoms with Crippen molar-refractivity contribution in [3.63, 3.8) is 0 Å². The fraction of sp³-hybridized carbons (Fsp3) is 0.630. The summed E-state index contributed by atoms with van der Waals surface area (Å²) in [6.07, 6.45) is 43.3. The maximum absolute atomic E-state index is 12.7. The van der Waals surface area contributed by atoms with E-state index in [4.69, 9.17) is 18.9 Å². The third-order valence-electron chi connectivity index (χ3n) is 8.14. The Labute approximate surface area is 334 Å². The number of hydrogen-bond donors (Lipinski definition) is 0. The summed E-state index contributed by atoms with van der Waals surface area (Å²) < 4.78 is 22.4. The van der Waals surface area contributed by atoms with E-state index in [1.54, 1.807) is 0 Å². The number of hydrogen-bond acceptors (Lipinski definition) is 8. The number of allylic oxidation sites excluding steroid dienone is 14. The minimum absolute atomic E-state index is 0.132. The molecule has 0 aliphatic heterocycles. The van der Waals surface area contributed by atoms with Crippen molar-refractivity contribution in [1.82, 2.24) is 0 Å². The normalized spacial score (nSPS) is 13.8. The Hall–Kier alpha value is -3.53. The lowest BCUT2D eigenvalue weighted by molar-refractivity contribution is -0.870. The van der Waals surface area contributed by atoms with Gasteiger partial charge >= 0.3 is 11.9 Å². The van der Waals surface area contributed by atoms with Gasteiger partial charge in [-0.3, -0.25) is 9.59 Å². The molecule has 0 rings (SSSR count). The number of likely N-dealkylation sites (N-methyl/N-ethyl adjacent to an activating group) is 1. The minimum atomic E-state index is -1.64. The van der Waals surface area contributed by atoms with E-state index in [0.29, 0.717) is 23.9 Å². The Morgan fingerprint density at radius 2 is 0.982 bits per heavy atom. The Bertz CT molecular complexity index is 1170. The lowest BCUT2D eigenvalue weighted by atomic mass is 10.1. The number of unbranched alkanes of at least 4 members (excludes halogenated alkanes) is 7. The molecule has 0 bridgehead atoms. The second kappa shape index (κ2) is 37.4. The van der Waals surface area contributed by atoms with E-state index in [2.05, 4.69) is 98.9 Å². The average Bonchev–Trinajstić information content (AvgIpc) is 3.14. The van der Waals surface area contributed by atoms with Crippen LogP contribution in [0.2, 0.25) is 0 Å². The lowest BCUT2D eigenvalue weighted by Gasteiger charge is -2.26. The molecule has 2 atom stereocenters. The van der Waals surface area contributed by atoms with Crippen LogP contribution < -0.4 is 5.11 Å². The van der Waals surface area contributed by atoms with Gasteiger partial charge in [-0.25, -0.2) is 0 Å². The molecule has 0 heterocycles. The summed E-state index contributed by atoms with van der Waals surface area (Å²) >= 11 is 0. The van der Waals surface area contributed by atoms with Crippen LogP contribution in [0.15, 0.2) is 85.1 Å². The Kier molecular flexibility index (Phi) is 35.0. The van der Waals surface area contributed by atoms with Crippen LogP contribution in [-0.2, 0) is 33.3 Å². The van der Waals surface area contributed by atoms with Crippen molar-refractivity contribution >= 4 is 17.9 Å². The summed E-state index contributed by atoms with van der Waals surface area (Å²) in [7, 11) is 5.87. The molecule has 0 N–H and O–H groups in total. The van der Waals surface area contributed by atoms with Gasteiger partial charge in [-0.1, -0.05) is 118 Å². The molecule has 0 aromatic heterocycles. The number of carboxylic acid groups (broad SMARTS) is 1. The standard InChI is InChI=1S/C46H75NO8/c1-6-8-10-12-14-16-18-20-22-24-26-28-30-32-34-36-43(48)53-40-42(41-54-46(45(50)51)52-39-38-47(3,4)5)55-44(49)37-35-33-31-29-27-25-23-21-19-17-15-13-11-9-7-2/h8-11,14-17,20-23,27,29,42,46H,6-7,12-13,18-19,24-26,28,30-41H2,1-5H3/b10-8-,11-9-,16-14-,17-15-,22-20-,23-21-,29-27-. The molecule has 0 spiro atoms. The predicted molar refractivity (Wildman–Crippen MR) is 223 cm³/mol. The quantitative estimate of drug-likeness (QED) is 0.0204. The van der Waals surface area contributed by atoms with Crippen molar-refractivity contribution < 1.29 is 42.9 Å². The van der Waals surface area contributed by atoms with Crippen LogP contribution in [0.5, 0.6) is 0 Å². The van der Waals surface area contributed by atoms with Crippen LogP contribution in [-0.4, -0.2) is 82.3 Å². The van der Waals surface area contributed by atoms with Gasteiger partial charge in [0.1, 0.15) is 13.2 Å². The zero-order chi connectivity index (χ0) is 40.7. The van der Waals surface area contributed by atoms with E-state index in [1.807, 2.05) is 21.1 Å². The second-order valence-electron chi connectivity index (χ2n) is 14.5. The fourth-order valence-electron chi connectivity index (χ4n) is 4.95. The molecule has 2 unspecified atom stereocenters. The van der Waals surface area contributed by atoms with Gasteiger partial charge in [-0.2, -0.15) is 0 Å². The highest BCUT2D eigenvalue weighted by Gasteiger charge is 2.21. The highest BCUT2D eigenvalue weighted by atomic mass is 16.7. The molecule has 0 saturated carbocycles. The number of rotatable bonds is 36. The maximum atomic E-state index is 12.7. The van der Waals surface area contributed by atoms with Crippen LogP contribution in [0.3, 0.4) is 0 Å². The van der Waals surface area contributed by atoms with E-state index < -0.39 is 30.3 Å². The number of nitrogens with zero attached hydrogens (tertiary/aromatic N) is 1. The molecular weight excluding hydrogens is 695 g/mol. The number of carboxylic acids is 1. The Morgan fingerprint density at radius 1 is 0.545 bits per heavy atom. The molecular formula is C46H75NO8. The predicted octanol–water partition coefficient (Wildman–Crippen LogP) is 9.21. The van der Waals surface area contributed by atoms with Gasteiger partial charge in [0.15, 0.2) is 12.4 Å². The molecule has 0 aromatic carbocycles. The molecule has 0 aromatic rings. The van der Waals surface area contributed by atoms with Crippen LogP contribution >= 0.6 is 0 Å². The number of ether oxygens (including phenoxy) is 4. The summed E-state index contributed by atoms with van der Waals surface area (Å²) in [4.78, 5) is 36.9. The molecule has 9 heteroatoms. The van der Waals surface area contributed by atoms with E-state index >= 15 is 0 Å². The maximum Gasteiger partial charge on any atom is 0.306 e. The molecule has 9 nitrogen and oxygen atoms in total. The molecule has 0 aliphatic carbocycles. The zero-order valence-corrected chi connectivity index (χ0v) is 35.0. The second-order valence-corrected chi connectivity index (χ2v) is 14.5. The van der Waals surface area contributed by atoms with Gasteiger partial charge in [-0.05, 0) is 83.5 Å². The first-order chi connectivity index (χ1) is 26.6. The Morgan fingerprint density at radius 3 is 1.49 bits per heavy atom. The van der Waals surface area contributed by atoms with Crippen molar-refractivity contribution in [1.29, 1.82) is 0 Å². The summed E-state index contributed by atoms with van der Waals surface area (Å²) in [5, 5.41) is 11.7. The van der Waals surface area contributed by atoms with Gasteiger partial charge in [0.25, 0.3) is 0 Å². The van der Waals surface area contributed by atoms with Gasteiger partial charge in [0, 0.05) is 12.8 Å². The van der Waals surface area contributed by atoms with Crippen molar-refractivity contribution in [2.24, 2.45) is 0 Å². The topological polar surface area (TPSA) is 111 Å². The van der Waals surface area contributed by atoms with Crippen molar-refractivity contribution in [2.75, 3.05) is 47.5 Å². The third kappa shape index (κ3) is 38.5. The highest BCUT2D eigenvalue weighted by Crippen LogP contribution is 2.11. The number of carbonyl (C=O) groups is 3. The monoisotopic (exact) mass is 770 g/mol.